The highest BCUT2D eigenvalue weighted by Crippen LogP contribution is 2.24. The number of hydrogen-bond donors (Lipinski definition) is 2. The Morgan fingerprint density at radius 1 is 0.533 bits per heavy atom. The van der Waals surface area contributed by atoms with Crippen molar-refractivity contribution >= 4 is 91.7 Å². The lowest BCUT2D eigenvalue weighted by Crippen LogP contribution is -2.05. The standard InChI is InChI=1S/C13H13NOS.C13H14O3S.C13H16OS.C10H10OS/c14-6-1-7-15-8-4-11-2-3-13-12(10-11)5-9-16-13;14-13(15)4-7-16-6-3-10-1-2-12-11(9-10)5-8-17-12;1-2-7-14-8-5-11-3-4-13-12(10-11)6-9-15-13;11-5-3-8-1-2-10-9(7-8)4-6-12-10/h2-3,5,9-10H,1,4,7-8H2;1-2,5,8-9H,3-4,6-7H2,(H,14,15);3-4,6,9-10H,2,5,7-8H2,1H3;1-2,4,6-7,11H,3,5H2. The molecule has 8 aromatic rings. The van der Waals surface area contributed by atoms with Crippen molar-refractivity contribution in [1.82, 2.24) is 0 Å². The third-order valence-corrected chi connectivity index (χ3v) is 12.8. The molecule has 60 heavy (non-hydrogen) atoms. The predicted molar refractivity (Wildman–Crippen MR) is 254 cm³/mol. The van der Waals surface area contributed by atoms with Gasteiger partial charge >= 0.3 is 5.97 Å². The normalized spacial score (nSPS) is 10.8. The second kappa shape index (κ2) is 26.7. The zero-order chi connectivity index (χ0) is 42.2. The third-order valence-electron chi connectivity index (χ3n) is 9.24. The summed E-state index contributed by atoms with van der Waals surface area (Å²) in [5.74, 6) is -0.815. The van der Waals surface area contributed by atoms with Crippen LogP contribution in [-0.4, -0.2) is 62.4 Å². The Morgan fingerprint density at radius 2 is 0.900 bits per heavy atom. The predicted octanol–water partition coefficient (Wildman–Crippen LogP) is 12.6. The summed E-state index contributed by atoms with van der Waals surface area (Å²) in [5, 5.41) is 39.2. The van der Waals surface area contributed by atoms with Crippen molar-refractivity contribution in [1.29, 1.82) is 5.26 Å². The number of aliphatic hydroxyl groups is 1. The molecule has 0 radical (unpaired) electrons. The highest BCUT2D eigenvalue weighted by Gasteiger charge is 2.02. The van der Waals surface area contributed by atoms with Gasteiger partial charge in [-0.2, -0.15) is 5.26 Å². The molecule has 0 saturated carbocycles. The maximum absolute atomic E-state index is 10.3. The van der Waals surface area contributed by atoms with Crippen LogP contribution in [0.2, 0.25) is 0 Å². The van der Waals surface area contributed by atoms with Gasteiger partial charge in [0.15, 0.2) is 0 Å². The Morgan fingerprint density at radius 3 is 1.25 bits per heavy atom. The Kier molecular flexibility index (Phi) is 20.7. The number of carboxylic acids is 1. The first-order valence-corrected chi connectivity index (χ1v) is 23.7. The van der Waals surface area contributed by atoms with Gasteiger partial charge in [-0.25, -0.2) is 0 Å². The largest absolute Gasteiger partial charge is 0.481 e. The molecule has 0 bridgehead atoms. The molecule has 4 aromatic heterocycles. The minimum atomic E-state index is -0.815. The number of hydrogen-bond acceptors (Lipinski definition) is 10. The minimum absolute atomic E-state index is 0.0730. The Labute approximate surface area is 369 Å². The first-order chi connectivity index (χ1) is 29.4. The monoisotopic (exact) mass is 879 g/mol. The average Bonchev–Trinajstić information content (AvgIpc) is 4.10. The summed E-state index contributed by atoms with van der Waals surface area (Å²) in [6.45, 7) is 6.17. The number of benzene rings is 4. The zero-order valence-corrected chi connectivity index (χ0v) is 37.3. The van der Waals surface area contributed by atoms with Crippen LogP contribution in [0.5, 0.6) is 0 Å². The fourth-order valence-corrected chi connectivity index (χ4v) is 9.20. The summed E-state index contributed by atoms with van der Waals surface area (Å²) >= 11 is 7.05. The van der Waals surface area contributed by atoms with Crippen LogP contribution in [0.25, 0.3) is 40.3 Å². The average molecular weight is 880 g/mol. The van der Waals surface area contributed by atoms with E-state index < -0.39 is 5.97 Å². The van der Waals surface area contributed by atoms with Crippen LogP contribution < -0.4 is 0 Å². The van der Waals surface area contributed by atoms with E-state index in [0.717, 1.165) is 45.3 Å². The zero-order valence-electron chi connectivity index (χ0n) is 34.1. The van der Waals surface area contributed by atoms with E-state index in [1.807, 2.05) is 0 Å². The second-order valence-corrected chi connectivity index (χ2v) is 17.6. The van der Waals surface area contributed by atoms with Crippen molar-refractivity contribution in [3.05, 3.63) is 141 Å². The molecule has 2 N–H and O–H groups in total. The van der Waals surface area contributed by atoms with Crippen LogP contribution in [0.1, 0.15) is 48.4 Å². The number of carboxylic acid groups (broad SMARTS) is 1. The second-order valence-electron chi connectivity index (χ2n) is 13.8. The molecule has 0 fully saturated rings. The molecule has 0 spiro atoms. The number of rotatable bonds is 18. The van der Waals surface area contributed by atoms with Gasteiger partial charge in [-0.15, -0.1) is 45.3 Å². The summed E-state index contributed by atoms with van der Waals surface area (Å²) in [7, 11) is 0. The van der Waals surface area contributed by atoms with Gasteiger partial charge in [-0.1, -0.05) is 55.5 Å². The quantitative estimate of drug-likeness (QED) is 0.0826. The van der Waals surface area contributed by atoms with Crippen LogP contribution in [-0.2, 0) is 44.7 Å². The van der Waals surface area contributed by atoms with Crippen LogP contribution in [0.15, 0.2) is 119 Å². The van der Waals surface area contributed by atoms with Crippen molar-refractivity contribution < 1.29 is 29.2 Å². The van der Waals surface area contributed by atoms with Crippen LogP contribution in [0, 0.1) is 11.3 Å². The maximum Gasteiger partial charge on any atom is 0.305 e. The lowest BCUT2D eigenvalue weighted by Gasteiger charge is -2.03. The van der Waals surface area contributed by atoms with E-state index in [1.165, 1.54) is 62.6 Å². The number of nitriles is 1. The van der Waals surface area contributed by atoms with Gasteiger partial charge in [-0.05, 0) is 146 Å². The number of aliphatic carboxylic acids is 1. The maximum atomic E-state index is 10.3. The number of aliphatic hydroxyl groups excluding tert-OH is 1. The van der Waals surface area contributed by atoms with Gasteiger partial charge in [0.1, 0.15) is 0 Å². The molecule has 7 nitrogen and oxygen atoms in total. The van der Waals surface area contributed by atoms with Crippen molar-refractivity contribution in [2.45, 2.75) is 51.9 Å². The summed E-state index contributed by atoms with van der Waals surface area (Å²) in [5.41, 5.74) is 5.11. The SMILES string of the molecule is CCCOCCc1ccc2sccc2c1.N#CCCOCCc1ccc2sccc2c1.O=C(O)CCOCCc1ccc2sccc2c1.OCCc1ccc2sccc2c1. The van der Waals surface area contributed by atoms with Gasteiger partial charge in [0, 0.05) is 32.0 Å². The molecule has 0 unspecified atom stereocenters. The van der Waals surface area contributed by atoms with Gasteiger partial charge < -0.3 is 24.4 Å². The molecule has 8 rings (SSSR count). The number of ether oxygens (including phenoxy) is 3. The molecule has 11 heteroatoms. The molecule has 0 aliphatic heterocycles. The van der Waals surface area contributed by atoms with Crippen LogP contribution >= 0.6 is 45.3 Å². The number of nitrogens with zero attached hydrogens (tertiary/aromatic N) is 1. The number of thiophene rings is 4. The van der Waals surface area contributed by atoms with Crippen molar-refractivity contribution in [3.8, 4) is 6.07 Å². The molecule has 4 aromatic carbocycles. The molecular weight excluding hydrogens is 827 g/mol. The lowest BCUT2D eigenvalue weighted by molar-refractivity contribution is -0.138. The first kappa shape index (κ1) is 46.6. The molecule has 0 aliphatic rings. The molecule has 0 atom stereocenters. The highest BCUT2D eigenvalue weighted by atomic mass is 32.1. The van der Waals surface area contributed by atoms with E-state index in [9.17, 15) is 4.79 Å². The summed E-state index contributed by atoms with van der Waals surface area (Å²) in [4.78, 5) is 10.3. The van der Waals surface area contributed by atoms with Gasteiger partial charge in [-0.3, -0.25) is 4.79 Å². The number of carbonyl (C=O) groups is 1. The molecule has 314 valence electrons. The number of fused-ring (bicyclic) bond motifs is 4. The Hall–Kier alpha value is -4.48. The minimum Gasteiger partial charge on any atom is -0.481 e. The van der Waals surface area contributed by atoms with E-state index in [1.54, 1.807) is 45.3 Å². The fourth-order valence-electron chi connectivity index (χ4n) is 6.11. The Balaban J connectivity index is 0.000000153. The van der Waals surface area contributed by atoms with E-state index in [0.29, 0.717) is 26.2 Å². The lowest BCUT2D eigenvalue weighted by atomic mass is 10.1. The smallest absolute Gasteiger partial charge is 0.305 e. The van der Waals surface area contributed by atoms with Crippen molar-refractivity contribution in [2.75, 3.05) is 46.2 Å². The van der Waals surface area contributed by atoms with Gasteiger partial charge in [0.05, 0.1) is 51.9 Å². The summed E-state index contributed by atoms with van der Waals surface area (Å²) < 4.78 is 21.4. The molecule has 4 heterocycles. The topological polar surface area (TPSA) is 109 Å². The molecule has 0 amide bonds. The van der Waals surface area contributed by atoms with Crippen LogP contribution in [0.4, 0.5) is 0 Å². The third kappa shape index (κ3) is 16.2. The van der Waals surface area contributed by atoms with Crippen molar-refractivity contribution in [3.63, 3.8) is 0 Å². The molecule has 0 saturated heterocycles. The van der Waals surface area contributed by atoms with E-state index in [-0.39, 0.29) is 19.6 Å². The summed E-state index contributed by atoms with van der Waals surface area (Å²) in [6.07, 6.45) is 5.16. The van der Waals surface area contributed by atoms with Crippen LogP contribution in [0.3, 0.4) is 0 Å². The molecular formula is C49H53NO6S4. The van der Waals surface area contributed by atoms with E-state index >= 15 is 0 Å². The molecule has 0 aliphatic carbocycles. The summed E-state index contributed by atoms with van der Waals surface area (Å²) in [6, 6.07) is 36.5. The van der Waals surface area contributed by atoms with Crippen molar-refractivity contribution in [2.24, 2.45) is 0 Å². The fraction of sp³-hybridized carbons (Fsp3) is 0.306. The first-order valence-electron chi connectivity index (χ1n) is 20.2. The Bertz CT molecular complexity index is 2490. The van der Waals surface area contributed by atoms with E-state index in [4.69, 9.17) is 29.7 Å². The highest BCUT2D eigenvalue weighted by molar-refractivity contribution is 7.18. The van der Waals surface area contributed by atoms with Gasteiger partial charge in [0.25, 0.3) is 0 Å². The van der Waals surface area contributed by atoms with Gasteiger partial charge in [0.2, 0.25) is 0 Å². The van der Waals surface area contributed by atoms with E-state index in [2.05, 4.69) is 132 Å².